The van der Waals surface area contributed by atoms with Gasteiger partial charge in [0.15, 0.2) is 0 Å². The maximum atomic E-state index is 12.8. The third-order valence-corrected chi connectivity index (χ3v) is 6.48. The van der Waals surface area contributed by atoms with Crippen molar-refractivity contribution in [2.45, 2.75) is 17.7 Å². The quantitative estimate of drug-likeness (QED) is 0.778. The highest BCUT2D eigenvalue weighted by Crippen LogP contribution is 2.24. The summed E-state index contributed by atoms with van der Waals surface area (Å²) in [5, 5.41) is 6.91. The Bertz CT molecular complexity index is 852. The van der Waals surface area contributed by atoms with Crippen molar-refractivity contribution in [1.29, 1.82) is 0 Å². The molecule has 0 atom stereocenters. The van der Waals surface area contributed by atoms with E-state index in [0.717, 1.165) is 18.5 Å². The molecule has 1 aromatic carbocycles. The molecule has 3 rings (SSSR count). The number of nitrogens with zero attached hydrogens (tertiary/aromatic N) is 3. The van der Waals surface area contributed by atoms with Crippen LogP contribution in [0.5, 0.6) is 0 Å². The SMILES string of the molecule is C=CC(=O)NCC1CCN(S(=O)(=O)c2ccc(-n3cccn3)cc2)CC1. The number of piperidine rings is 1. The molecule has 1 aromatic heterocycles. The number of sulfonamides is 1. The lowest BCUT2D eigenvalue weighted by Crippen LogP contribution is -2.41. The normalized spacial score (nSPS) is 16.3. The van der Waals surface area contributed by atoms with Gasteiger partial charge in [0.05, 0.1) is 10.6 Å². The average molecular weight is 374 g/mol. The molecule has 2 aromatic rings. The van der Waals surface area contributed by atoms with E-state index in [2.05, 4.69) is 17.0 Å². The van der Waals surface area contributed by atoms with E-state index in [0.29, 0.717) is 19.6 Å². The molecule has 1 aliphatic rings. The summed E-state index contributed by atoms with van der Waals surface area (Å²) in [5.41, 5.74) is 0.811. The van der Waals surface area contributed by atoms with Crippen molar-refractivity contribution < 1.29 is 13.2 Å². The summed E-state index contributed by atoms with van der Waals surface area (Å²) >= 11 is 0. The first kappa shape index (κ1) is 18.3. The Hall–Kier alpha value is -2.45. The van der Waals surface area contributed by atoms with Crippen LogP contribution in [0, 0.1) is 5.92 Å². The molecule has 26 heavy (non-hydrogen) atoms. The van der Waals surface area contributed by atoms with Crippen molar-refractivity contribution in [1.82, 2.24) is 19.4 Å². The molecule has 1 N–H and O–H groups in total. The van der Waals surface area contributed by atoms with Crippen molar-refractivity contribution in [2.75, 3.05) is 19.6 Å². The van der Waals surface area contributed by atoms with Crippen LogP contribution in [-0.4, -0.2) is 48.0 Å². The number of carbonyl (C=O) groups is 1. The van der Waals surface area contributed by atoms with Gasteiger partial charge in [0.25, 0.3) is 0 Å². The smallest absolute Gasteiger partial charge is 0.243 e. The molecule has 1 aliphatic heterocycles. The lowest BCUT2D eigenvalue weighted by molar-refractivity contribution is -0.116. The minimum atomic E-state index is -3.51. The maximum absolute atomic E-state index is 12.8. The van der Waals surface area contributed by atoms with E-state index in [4.69, 9.17) is 0 Å². The zero-order valence-electron chi connectivity index (χ0n) is 14.4. The van der Waals surface area contributed by atoms with Crippen LogP contribution >= 0.6 is 0 Å². The molecule has 1 fully saturated rings. The molecule has 1 saturated heterocycles. The summed E-state index contributed by atoms with van der Waals surface area (Å²) in [6, 6.07) is 8.53. The Labute approximate surface area is 153 Å². The molecule has 0 unspecified atom stereocenters. The number of hydrogen-bond acceptors (Lipinski definition) is 4. The number of rotatable bonds is 6. The minimum absolute atomic E-state index is 0.197. The highest BCUT2D eigenvalue weighted by atomic mass is 32.2. The second-order valence-electron chi connectivity index (χ2n) is 6.24. The predicted octanol–water partition coefficient (Wildman–Crippen LogP) is 1.58. The largest absolute Gasteiger partial charge is 0.352 e. The van der Waals surface area contributed by atoms with Crippen molar-refractivity contribution in [3.8, 4) is 5.69 Å². The van der Waals surface area contributed by atoms with E-state index in [1.54, 1.807) is 41.3 Å². The van der Waals surface area contributed by atoms with Crippen molar-refractivity contribution in [2.24, 2.45) is 5.92 Å². The Morgan fingerprint density at radius 1 is 1.27 bits per heavy atom. The molecule has 7 nitrogen and oxygen atoms in total. The van der Waals surface area contributed by atoms with E-state index < -0.39 is 10.0 Å². The van der Waals surface area contributed by atoms with Crippen LogP contribution in [0.3, 0.4) is 0 Å². The third-order valence-electron chi connectivity index (χ3n) is 4.57. The third kappa shape index (κ3) is 4.03. The molecule has 138 valence electrons. The summed E-state index contributed by atoms with van der Waals surface area (Å²) in [6.45, 7) is 4.88. The van der Waals surface area contributed by atoms with Gasteiger partial charge in [0, 0.05) is 32.0 Å². The molecular formula is C18H22N4O3S. The predicted molar refractivity (Wildman–Crippen MR) is 98.3 cm³/mol. The van der Waals surface area contributed by atoms with Gasteiger partial charge in [-0.05, 0) is 55.2 Å². The molecule has 0 spiro atoms. The van der Waals surface area contributed by atoms with Crippen LogP contribution in [0.1, 0.15) is 12.8 Å². The monoisotopic (exact) mass is 374 g/mol. The summed E-state index contributed by atoms with van der Waals surface area (Å²) in [5.74, 6) is 0.0878. The van der Waals surface area contributed by atoms with E-state index in [9.17, 15) is 13.2 Å². The van der Waals surface area contributed by atoms with E-state index in [1.807, 2.05) is 6.07 Å². The lowest BCUT2D eigenvalue weighted by Gasteiger charge is -2.31. The van der Waals surface area contributed by atoms with Gasteiger partial charge in [-0.25, -0.2) is 13.1 Å². The molecule has 1 amide bonds. The number of aromatic nitrogens is 2. The second-order valence-corrected chi connectivity index (χ2v) is 8.18. The molecule has 0 radical (unpaired) electrons. The van der Waals surface area contributed by atoms with Gasteiger partial charge in [0.2, 0.25) is 15.9 Å². The average Bonchev–Trinajstić information content (AvgIpc) is 3.21. The first-order chi connectivity index (χ1) is 12.5. The number of nitrogens with one attached hydrogen (secondary N) is 1. The van der Waals surface area contributed by atoms with E-state index in [1.165, 1.54) is 10.4 Å². The molecule has 8 heteroatoms. The standard InChI is InChI=1S/C18H22N4O3S/c1-2-18(23)19-14-15-8-12-21(13-9-15)26(24,25)17-6-4-16(5-7-17)22-11-3-10-20-22/h2-7,10-11,15H,1,8-9,12-14H2,(H,19,23). The molecule has 2 heterocycles. The Morgan fingerprint density at radius 3 is 2.54 bits per heavy atom. The molecular weight excluding hydrogens is 352 g/mol. The number of amides is 1. The second kappa shape index (κ2) is 7.84. The highest BCUT2D eigenvalue weighted by Gasteiger charge is 2.29. The summed E-state index contributed by atoms with van der Waals surface area (Å²) in [4.78, 5) is 11.5. The van der Waals surface area contributed by atoms with E-state index in [-0.39, 0.29) is 16.7 Å². The van der Waals surface area contributed by atoms with Crippen LogP contribution in [0.2, 0.25) is 0 Å². The van der Waals surface area contributed by atoms with Gasteiger partial charge < -0.3 is 5.32 Å². The van der Waals surface area contributed by atoms with Crippen molar-refractivity contribution in [3.63, 3.8) is 0 Å². The van der Waals surface area contributed by atoms with Crippen molar-refractivity contribution >= 4 is 15.9 Å². The molecule has 0 saturated carbocycles. The zero-order valence-corrected chi connectivity index (χ0v) is 15.2. The first-order valence-corrected chi connectivity index (χ1v) is 9.95. The van der Waals surface area contributed by atoms with E-state index >= 15 is 0 Å². The summed E-state index contributed by atoms with van der Waals surface area (Å²) < 4.78 is 28.8. The molecule has 0 aliphatic carbocycles. The Kier molecular flexibility index (Phi) is 5.53. The van der Waals surface area contributed by atoms with Crippen LogP contribution in [0.25, 0.3) is 5.69 Å². The maximum Gasteiger partial charge on any atom is 0.243 e. The van der Waals surface area contributed by atoms with Crippen molar-refractivity contribution in [3.05, 3.63) is 55.4 Å². The highest BCUT2D eigenvalue weighted by molar-refractivity contribution is 7.89. The fraction of sp³-hybridized carbons (Fsp3) is 0.333. The topological polar surface area (TPSA) is 84.3 Å². The van der Waals surface area contributed by atoms with Gasteiger partial charge >= 0.3 is 0 Å². The van der Waals surface area contributed by atoms with Crippen LogP contribution in [0.4, 0.5) is 0 Å². The fourth-order valence-electron chi connectivity index (χ4n) is 3.01. The summed E-state index contributed by atoms with van der Waals surface area (Å²) in [7, 11) is -3.51. The zero-order chi connectivity index (χ0) is 18.6. The minimum Gasteiger partial charge on any atom is -0.352 e. The fourth-order valence-corrected chi connectivity index (χ4v) is 4.48. The van der Waals surface area contributed by atoms with Gasteiger partial charge in [-0.3, -0.25) is 4.79 Å². The number of benzene rings is 1. The van der Waals surface area contributed by atoms with Gasteiger partial charge in [-0.15, -0.1) is 0 Å². The number of carbonyl (C=O) groups excluding carboxylic acids is 1. The lowest BCUT2D eigenvalue weighted by atomic mass is 9.98. The van der Waals surface area contributed by atoms with Gasteiger partial charge in [0.1, 0.15) is 0 Å². The van der Waals surface area contributed by atoms with Gasteiger partial charge in [-0.2, -0.15) is 9.40 Å². The van der Waals surface area contributed by atoms with Gasteiger partial charge in [-0.1, -0.05) is 6.58 Å². The number of hydrogen-bond donors (Lipinski definition) is 1. The Morgan fingerprint density at radius 2 is 1.96 bits per heavy atom. The molecule has 0 bridgehead atoms. The Balaban J connectivity index is 1.62. The summed E-state index contributed by atoms with van der Waals surface area (Å²) in [6.07, 6.45) is 6.17. The van der Waals surface area contributed by atoms with Crippen LogP contribution in [0.15, 0.2) is 60.3 Å². The first-order valence-electron chi connectivity index (χ1n) is 8.51. The van der Waals surface area contributed by atoms with Crippen LogP contribution in [-0.2, 0) is 14.8 Å². The van der Waals surface area contributed by atoms with Crippen LogP contribution < -0.4 is 5.32 Å².